The molecule has 6 heteroatoms. The fraction of sp³-hybridized carbons (Fsp3) is 0.259. The normalized spacial score (nSPS) is 17.5. The Morgan fingerprint density at radius 1 is 1.06 bits per heavy atom. The van der Waals surface area contributed by atoms with Gasteiger partial charge in [0.05, 0.1) is 12.2 Å². The monoisotopic (exact) mass is 445 g/mol. The first kappa shape index (κ1) is 22.4. The number of amides is 1. The zero-order valence-electron chi connectivity index (χ0n) is 18.8. The van der Waals surface area contributed by atoms with E-state index < -0.39 is 17.7 Å². The predicted octanol–water partition coefficient (Wildman–Crippen LogP) is 5.04. The maximum Gasteiger partial charge on any atom is 0.295 e. The van der Waals surface area contributed by atoms with Crippen molar-refractivity contribution < 1.29 is 23.8 Å². The van der Waals surface area contributed by atoms with Crippen molar-refractivity contribution in [1.29, 1.82) is 0 Å². The number of aryl methyl sites for hydroxylation is 1. The van der Waals surface area contributed by atoms with Gasteiger partial charge in [-0.05, 0) is 49.6 Å². The van der Waals surface area contributed by atoms with Crippen LogP contribution >= 0.6 is 0 Å². The molecule has 1 unspecified atom stereocenters. The Balaban J connectivity index is 1.74. The number of aliphatic hydroxyl groups is 1. The van der Waals surface area contributed by atoms with Crippen molar-refractivity contribution in [3.8, 4) is 5.75 Å². The second kappa shape index (κ2) is 9.77. The van der Waals surface area contributed by atoms with E-state index in [0.717, 1.165) is 12.0 Å². The fourth-order valence-electron chi connectivity index (χ4n) is 4.01. The van der Waals surface area contributed by atoms with Crippen LogP contribution in [0, 0.1) is 6.92 Å². The van der Waals surface area contributed by atoms with Crippen LogP contribution in [0.15, 0.2) is 76.7 Å². The van der Waals surface area contributed by atoms with Crippen molar-refractivity contribution >= 4 is 17.4 Å². The summed E-state index contributed by atoms with van der Waals surface area (Å²) in [5.74, 6) is 0.0823. The van der Waals surface area contributed by atoms with Gasteiger partial charge in [-0.15, -0.1) is 0 Å². The molecule has 2 aromatic carbocycles. The number of Topliss-reactive ketones (excluding diaryl/α,β-unsaturated/α-hetero) is 1. The molecule has 1 aliphatic heterocycles. The number of aliphatic hydroxyl groups excluding tert-OH is 1. The number of rotatable bonds is 8. The molecule has 6 nitrogen and oxygen atoms in total. The van der Waals surface area contributed by atoms with Crippen molar-refractivity contribution in [3.63, 3.8) is 0 Å². The maximum absolute atomic E-state index is 13.1. The third kappa shape index (κ3) is 4.70. The van der Waals surface area contributed by atoms with Gasteiger partial charge in [0.15, 0.2) is 0 Å². The molecule has 0 radical (unpaired) electrons. The Labute approximate surface area is 193 Å². The molecule has 1 atom stereocenters. The largest absolute Gasteiger partial charge is 0.507 e. The van der Waals surface area contributed by atoms with E-state index in [-0.39, 0.29) is 11.3 Å². The van der Waals surface area contributed by atoms with Gasteiger partial charge < -0.3 is 19.2 Å². The number of ketones is 1. The SMILES string of the molecule is CCCOc1cccc(C(O)=C2C(=O)C(=O)N(CCc3ccccc3)C2c2ccc(C)o2)c1. The van der Waals surface area contributed by atoms with E-state index in [9.17, 15) is 14.7 Å². The summed E-state index contributed by atoms with van der Waals surface area (Å²) in [5, 5.41) is 11.2. The van der Waals surface area contributed by atoms with E-state index in [4.69, 9.17) is 9.15 Å². The van der Waals surface area contributed by atoms with Crippen LogP contribution in [0.5, 0.6) is 5.75 Å². The van der Waals surface area contributed by atoms with Gasteiger partial charge in [0, 0.05) is 12.1 Å². The third-order valence-electron chi connectivity index (χ3n) is 5.64. The van der Waals surface area contributed by atoms with Crippen LogP contribution in [-0.2, 0) is 16.0 Å². The lowest BCUT2D eigenvalue weighted by atomic mass is 9.99. The van der Waals surface area contributed by atoms with Crippen molar-refractivity contribution in [2.75, 3.05) is 13.2 Å². The molecule has 1 fully saturated rings. The smallest absolute Gasteiger partial charge is 0.295 e. The summed E-state index contributed by atoms with van der Waals surface area (Å²) in [6, 6.07) is 19.4. The summed E-state index contributed by atoms with van der Waals surface area (Å²) in [4.78, 5) is 27.6. The van der Waals surface area contributed by atoms with Crippen molar-refractivity contribution in [2.45, 2.75) is 32.7 Å². The second-order valence-electron chi connectivity index (χ2n) is 8.05. The number of carbonyl (C=O) groups is 2. The zero-order valence-corrected chi connectivity index (χ0v) is 18.8. The molecule has 33 heavy (non-hydrogen) atoms. The third-order valence-corrected chi connectivity index (χ3v) is 5.64. The summed E-state index contributed by atoms with van der Waals surface area (Å²) in [7, 11) is 0. The molecule has 2 heterocycles. The molecule has 3 aromatic rings. The topological polar surface area (TPSA) is 80.0 Å². The van der Waals surface area contributed by atoms with Gasteiger partial charge in [-0.2, -0.15) is 0 Å². The van der Waals surface area contributed by atoms with E-state index >= 15 is 0 Å². The molecule has 1 aliphatic rings. The lowest BCUT2D eigenvalue weighted by Gasteiger charge is -2.23. The van der Waals surface area contributed by atoms with E-state index in [1.807, 2.05) is 37.3 Å². The van der Waals surface area contributed by atoms with Gasteiger partial charge in [-0.3, -0.25) is 9.59 Å². The average Bonchev–Trinajstić information content (AvgIpc) is 3.37. The number of hydrogen-bond acceptors (Lipinski definition) is 5. The lowest BCUT2D eigenvalue weighted by molar-refractivity contribution is -0.140. The van der Waals surface area contributed by atoms with E-state index in [1.165, 1.54) is 4.90 Å². The van der Waals surface area contributed by atoms with Crippen LogP contribution < -0.4 is 4.74 Å². The fourth-order valence-corrected chi connectivity index (χ4v) is 4.01. The summed E-state index contributed by atoms with van der Waals surface area (Å²) in [6.07, 6.45) is 1.42. The van der Waals surface area contributed by atoms with Gasteiger partial charge >= 0.3 is 0 Å². The minimum Gasteiger partial charge on any atom is -0.507 e. The summed E-state index contributed by atoms with van der Waals surface area (Å²) in [6.45, 7) is 4.66. The van der Waals surface area contributed by atoms with Crippen molar-refractivity contribution in [2.24, 2.45) is 0 Å². The minimum atomic E-state index is -0.803. The number of carbonyl (C=O) groups excluding carboxylic acids is 2. The number of furan rings is 1. The highest BCUT2D eigenvalue weighted by Crippen LogP contribution is 2.40. The molecule has 4 rings (SSSR count). The lowest BCUT2D eigenvalue weighted by Crippen LogP contribution is -2.31. The van der Waals surface area contributed by atoms with Gasteiger partial charge in [0.1, 0.15) is 29.1 Å². The van der Waals surface area contributed by atoms with Gasteiger partial charge in [0.25, 0.3) is 11.7 Å². The minimum absolute atomic E-state index is 0.0232. The Kier molecular flexibility index (Phi) is 6.63. The van der Waals surface area contributed by atoms with Gasteiger partial charge in [-0.25, -0.2) is 0 Å². The highest BCUT2D eigenvalue weighted by Gasteiger charge is 2.47. The number of ether oxygens (including phenoxy) is 1. The van der Waals surface area contributed by atoms with Gasteiger partial charge in [-0.1, -0.05) is 49.4 Å². The molecule has 1 amide bonds. The van der Waals surface area contributed by atoms with E-state index in [0.29, 0.717) is 42.4 Å². The number of benzene rings is 2. The average molecular weight is 446 g/mol. The Morgan fingerprint density at radius 3 is 2.55 bits per heavy atom. The Bertz CT molecular complexity index is 1180. The van der Waals surface area contributed by atoms with Crippen LogP contribution in [0.4, 0.5) is 0 Å². The first-order valence-electron chi connectivity index (χ1n) is 11.1. The van der Waals surface area contributed by atoms with Crippen LogP contribution in [0.2, 0.25) is 0 Å². The van der Waals surface area contributed by atoms with Crippen LogP contribution in [0.3, 0.4) is 0 Å². The van der Waals surface area contributed by atoms with Crippen LogP contribution in [0.25, 0.3) is 5.76 Å². The van der Waals surface area contributed by atoms with E-state index in [1.54, 1.807) is 43.3 Å². The molecule has 170 valence electrons. The Morgan fingerprint density at radius 2 is 1.85 bits per heavy atom. The predicted molar refractivity (Wildman–Crippen MR) is 125 cm³/mol. The molecular weight excluding hydrogens is 418 g/mol. The summed E-state index contributed by atoms with van der Waals surface area (Å²) >= 11 is 0. The zero-order chi connectivity index (χ0) is 23.4. The standard InChI is InChI=1S/C27H27NO5/c1-3-16-32-21-11-7-10-20(17-21)25(29)23-24(22-13-12-18(2)33-22)28(27(31)26(23)30)15-14-19-8-5-4-6-9-19/h4-13,17,24,29H,3,14-16H2,1-2H3. The highest BCUT2D eigenvalue weighted by molar-refractivity contribution is 6.46. The number of hydrogen-bond donors (Lipinski definition) is 1. The van der Waals surface area contributed by atoms with Crippen molar-refractivity contribution in [3.05, 3.63) is 95.0 Å². The maximum atomic E-state index is 13.1. The first-order valence-corrected chi connectivity index (χ1v) is 11.1. The van der Waals surface area contributed by atoms with Crippen LogP contribution in [0.1, 0.15) is 42.0 Å². The highest BCUT2D eigenvalue weighted by atomic mass is 16.5. The molecule has 0 spiro atoms. The summed E-state index contributed by atoms with van der Waals surface area (Å²) in [5.41, 5.74) is 1.49. The molecule has 0 bridgehead atoms. The van der Waals surface area contributed by atoms with E-state index in [2.05, 4.69) is 0 Å². The quantitative estimate of drug-likeness (QED) is 0.298. The molecule has 0 saturated carbocycles. The molecule has 1 aromatic heterocycles. The molecule has 1 saturated heterocycles. The van der Waals surface area contributed by atoms with Gasteiger partial charge in [0.2, 0.25) is 0 Å². The van der Waals surface area contributed by atoms with Crippen molar-refractivity contribution in [1.82, 2.24) is 4.90 Å². The second-order valence-corrected chi connectivity index (χ2v) is 8.05. The molecule has 1 N–H and O–H groups in total. The molecule has 0 aliphatic carbocycles. The molecular formula is C27H27NO5. The summed E-state index contributed by atoms with van der Waals surface area (Å²) < 4.78 is 11.5. The first-order chi connectivity index (χ1) is 16.0. The van der Waals surface area contributed by atoms with Crippen LogP contribution in [-0.4, -0.2) is 34.8 Å². The Hall–Kier alpha value is -3.80. The number of nitrogens with zero attached hydrogens (tertiary/aromatic N) is 1. The number of likely N-dealkylation sites (tertiary alicyclic amines) is 1.